The Morgan fingerprint density at radius 3 is 2.41 bits per heavy atom. The van der Waals surface area contributed by atoms with E-state index >= 15 is 0 Å². The summed E-state index contributed by atoms with van der Waals surface area (Å²) in [4.78, 5) is 74.7. The van der Waals surface area contributed by atoms with Gasteiger partial charge in [-0.2, -0.15) is 0 Å². The molecule has 2 heterocycles. The standard InChI is InChI=1S/C38H46ClN5O7/c1-20-13-23(15-26(39)31(20)50-5)28-17-38(51-43-28)18-29(35(48)41-27(14-21-11-12-21)30(45)33(40)46)44(19-38)36(49)32(37(2,3)4)42-34(47)25-16-24(25)22-9-7-6-8-10-22/h6-10,13,15,21,24-25,27,29,32H,11-12,14,16-19H2,1-5H3,(H2,40,46)(H,41,48)(H,42,47)/t24-,25+,27-,29-,32+,38+/m0/s1. The van der Waals surface area contributed by atoms with Crippen LogP contribution in [-0.2, 0) is 28.8 Å². The molecule has 51 heavy (non-hydrogen) atoms. The summed E-state index contributed by atoms with van der Waals surface area (Å²) in [6, 6.07) is 10.2. The van der Waals surface area contributed by atoms with Crippen molar-refractivity contribution in [3.05, 3.63) is 64.2 Å². The van der Waals surface area contributed by atoms with Gasteiger partial charge in [0.05, 0.1) is 30.4 Å². The quantitative estimate of drug-likeness (QED) is 0.280. The van der Waals surface area contributed by atoms with Crippen LogP contribution in [0.15, 0.2) is 47.6 Å². The molecule has 272 valence electrons. The zero-order valence-corrected chi connectivity index (χ0v) is 30.4. The second kappa shape index (κ2) is 13.9. The van der Waals surface area contributed by atoms with E-state index in [9.17, 15) is 24.0 Å². The molecule has 12 nitrogen and oxygen atoms in total. The molecule has 2 aromatic rings. The van der Waals surface area contributed by atoms with E-state index in [4.69, 9.17) is 26.9 Å². The number of carbonyl (C=O) groups excluding carboxylic acids is 5. The van der Waals surface area contributed by atoms with Crippen molar-refractivity contribution in [2.45, 2.75) is 95.9 Å². The highest BCUT2D eigenvalue weighted by atomic mass is 35.5. The fourth-order valence-corrected chi connectivity index (χ4v) is 7.76. The molecular formula is C38H46ClN5O7. The molecule has 2 saturated carbocycles. The first-order valence-corrected chi connectivity index (χ1v) is 17.9. The number of hydrogen-bond donors (Lipinski definition) is 3. The summed E-state index contributed by atoms with van der Waals surface area (Å²) in [6.45, 7) is 7.44. The molecule has 13 heteroatoms. The van der Waals surface area contributed by atoms with E-state index < -0.39 is 52.6 Å². The lowest BCUT2D eigenvalue weighted by Crippen LogP contribution is -2.59. The Bertz CT molecular complexity index is 1750. The molecule has 4 aliphatic rings. The smallest absolute Gasteiger partial charge is 0.287 e. The Hall–Kier alpha value is -4.45. The molecule has 2 aliphatic heterocycles. The topological polar surface area (TPSA) is 169 Å². The van der Waals surface area contributed by atoms with Crippen LogP contribution in [0.3, 0.4) is 0 Å². The lowest BCUT2D eigenvalue weighted by Gasteiger charge is -2.35. The number of nitrogens with one attached hydrogen (secondary N) is 2. The lowest BCUT2D eigenvalue weighted by molar-refractivity contribution is -0.145. The van der Waals surface area contributed by atoms with Crippen molar-refractivity contribution in [2.24, 2.45) is 28.1 Å². The number of likely N-dealkylation sites (tertiary alicyclic amines) is 1. The van der Waals surface area contributed by atoms with Crippen LogP contribution in [0.5, 0.6) is 5.75 Å². The van der Waals surface area contributed by atoms with Gasteiger partial charge in [-0.05, 0) is 60.3 Å². The number of Topliss-reactive ketones (excluding diaryl/α,β-unsaturated/α-hetero) is 1. The maximum absolute atomic E-state index is 14.7. The van der Waals surface area contributed by atoms with Gasteiger partial charge >= 0.3 is 0 Å². The van der Waals surface area contributed by atoms with E-state index in [-0.39, 0.29) is 49.5 Å². The minimum atomic E-state index is -1.13. The minimum Gasteiger partial charge on any atom is -0.495 e. The zero-order valence-electron chi connectivity index (χ0n) is 29.7. The number of methoxy groups -OCH3 is 1. The number of ether oxygens (including phenoxy) is 1. The van der Waals surface area contributed by atoms with E-state index in [1.54, 1.807) is 13.2 Å². The van der Waals surface area contributed by atoms with E-state index in [0.29, 0.717) is 22.9 Å². The van der Waals surface area contributed by atoms with Gasteiger partial charge in [-0.25, -0.2) is 0 Å². The number of hydrogen-bond acceptors (Lipinski definition) is 8. The third-order valence-electron chi connectivity index (χ3n) is 10.5. The van der Waals surface area contributed by atoms with Crippen LogP contribution in [0, 0.1) is 24.2 Å². The van der Waals surface area contributed by atoms with Gasteiger partial charge in [-0.1, -0.05) is 80.7 Å². The molecule has 4 N–H and O–H groups in total. The number of halogens is 1. The molecular weight excluding hydrogens is 674 g/mol. The van der Waals surface area contributed by atoms with E-state index in [2.05, 4.69) is 15.8 Å². The fourth-order valence-electron chi connectivity index (χ4n) is 7.42. The number of aryl methyl sites for hydroxylation is 1. The third kappa shape index (κ3) is 7.75. The number of primary amides is 1. The first-order valence-electron chi connectivity index (χ1n) is 17.5. The average Bonchev–Trinajstić information content (AvgIpc) is 4.00. The highest BCUT2D eigenvalue weighted by Gasteiger charge is 2.56. The van der Waals surface area contributed by atoms with Crippen molar-refractivity contribution in [3.63, 3.8) is 0 Å². The number of rotatable bonds is 12. The van der Waals surface area contributed by atoms with Crippen molar-refractivity contribution >= 4 is 46.7 Å². The Labute approximate surface area is 302 Å². The highest BCUT2D eigenvalue weighted by Crippen LogP contribution is 2.48. The van der Waals surface area contributed by atoms with E-state index in [0.717, 1.165) is 29.5 Å². The van der Waals surface area contributed by atoms with E-state index in [1.165, 1.54) is 4.90 Å². The van der Waals surface area contributed by atoms with Gasteiger partial charge in [0.15, 0.2) is 5.60 Å². The molecule has 4 amide bonds. The first kappa shape index (κ1) is 36.3. The maximum atomic E-state index is 14.7. The van der Waals surface area contributed by atoms with Crippen LogP contribution in [0.25, 0.3) is 0 Å². The monoisotopic (exact) mass is 719 g/mol. The predicted octanol–water partition coefficient (Wildman–Crippen LogP) is 3.80. The molecule has 0 aromatic heterocycles. The van der Waals surface area contributed by atoms with Gasteiger partial charge < -0.3 is 30.8 Å². The first-order chi connectivity index (χ1) is 24.1. The molecule has 0 bridgehead atoms. The van der Waals surface area contributed by atoms with Gasteiger partial charge in [0.2, 0.25) is 23.5 Å². The zero-order chi connectivity index (χ0) is 36.8. The fraction of sp³-hybridized carbons (Fsp3) is 0.526. The summed E-state index contributed by atoms with van der Waals surface area (Å²) < 4.78 is 5.41. The normalized spacial score (nSPS) is 25.0. The lowest BCUT2D eigenvalue weighted by atomic mass is 9.85. The maximum Gasteiger partial charge on any atom is 0.287 e. The second-order valence-electron chi connectivity index (χ2n) is 15.6. The summed E-state index contributed by atoms with van der Waals surface area (Å²) in [7, 11) is 1.54. The van der Waals surface area contributed by atoms with Crippen LogP contribution in [-0.4, -0.2) is 77.4 Å². The number of nitrogens with two attached hydrogens (primary N) is 1. The third-order valence-corrected chi connectivity index (χ3v) is 10.8. The number of oxime groups is 1. The SMILES string of the molecule is COc1c(C)cc(C2=NO[C@]3(C2)C[C@@H](C(=O)N[C@@H](CC2CC2)C(=O)C(N)=O)N(C(=O)[C@@H](NC(=O)[C@@H]2C[C@H]2c2ccccc2)C(C)(C)C)C3)cc1Cl. The van der Waals surface area contributed by atoms with Crippen molar-refractivity contribution in [1.29, 1.82) is 0 Å². The molecule has 6 atom stereocenters. The minimum absolute atomic E-state index is 0.00460. The summed E-state index contributed by atoms with van der Waals surface area (Å²) >= 11 is 6.50. The molecule has 2 aliphatic carbocycles. The van der Waals surface area contributed by atoms with Crippen molar-refractivity contribution in [3.8, 4) is 5.75 Å². The van der Waals surface area contributed by atoms with Crippen molar-refractivity contribution in [2.75, 3.05) is 13.7 Å². The summed E-state index contributed by atoms with van der Waals surface area (Å²) in [5.74, 6) is -2.76. The van der Waals surface area contributed by atoms with Gasteiger partial charge in [0.1, 0.15) is 17.8 Å². The highest BCUT2D eigenvalue weighted by molar-refractivity contribution is 6.38. The Balaban J connectivity index is 1.26. The Morgan fingerprint density at radius 1 is 1.10 bits per heavy atom. The molecule has 1 spiro atoms. The second-order valence-corrected chi connectivity index (χ2v) is 16.0. The van der Waals surface area contributed by atoms with Gasteiger partial charge in [0, 0.05) is 24.3 Å². The number of ketones is 1. The molecule has 1 saturated heterocycles. The van der Waals surface area contributed by atoms with Crippen LogP contribution in [0.1, 0.15) is 81.9 Å². The number of benzene rings is 2. The predicted molar refractivity (Wildman–Crippen MR) is 190 cm³/mol. The van der Waals surface area contributed by atoms with Crippen LogP contribution < -0.4 is 21.1 Å². The number of amides is 4. The molecule has 3 fully saturated rings. The Kier molecular flexibility index (Phi) is 9.93. The average molecular weight is 720 g/mol. The van der Waals surface area contributed by atoms with Crippen molar-refractivity contribution < 1.29 is 33.5 Å². The van der Waals surface area contributed by atoms with Crippen LogP contribution >= 0.6 is 11.6 Å². The van der Waals surface area contributed by atoms with E-state index in [1.807, 2.05) is 64.1 Å². The Morgan fingerprint density at radius 2 is 1.80 bits per heavy atom. The number of carbonyl (C=O) groups is 5. The largest absolute Gasteiger partial charge is 0.495 e. The van der Waals surface area contributed by atoms with Crippen molar-refractivity contribution in [1.82, 2.24) is 15.5 Å². The summed E-state index contributed by atoms with van der Waals surface area (Å²) in [5.41, 5.74) is 6.74. The molecule has 2 aromatic carbocycles. The molecule has 0 unspecified atom stereocenters. The van der Waals surface area contributed by atoms with Crippen LogP contribution in [0.2, 0.25) is 5.02 Å². The number of nitrogens with zero attached hydrogens (tertiary/aromatic N) is 2. The van der Waals surface area contributed by atoms with Gasteiger partial charge in [-0.15, -0.1) is 0 Å². The van der Waals surface area contributed by atoms with Gasteiger partial charge in [-0.3, -0.25) is 24.0 Å². The molecule has 6 rings (SSSR count). The summed E-state index contributed by atoms with van der Waals surface area (Å²) in [5, 5.41) is 10.6. The van der Waals surface area contributed by atoms with Crippen LogP contribution in [0.4, 0.5) is 0 Å². The van der Waals surface area contributed by atoms with Gasteiger partial charge in [0.25, 0.3) is 5.91 Å². The summed E-state index contributed by atoms with van der Waals surface area (Å²) in [6.07, 6.45) is 3.06. The molecule has 0 radical (unpaired) electrons.